The lowest BCUT2D eigenvalue weighted by atomic mass is 9.98. The number of fused-ring (bicyclic) bond motifs is 1. The number of rotatable bonds is 7. The Morgan fingerprint density at radius 2 is 1.50 bits per heavy atom. The molecule has 2 heterocycles. The lowest BCUT2D eigenvalue weighted by Gasteiger charge is -2.28. The number of carbonyl (C=O) groups excluding carboxylic acids is 1. The van der Waals surface area contributed by atoms with E-state index in [0.717, 1.165) is 16.0 Å². The van der Waals surface area contributed by atoms with Crippen LogP contribution in [-0.2, 0) is 13.6 Å². The van der Waals surface area contributed by atoms with Crippen molar-refractivity contribution in [3.63, 3.8) is 0 Å². The van der Waals surface area contributed by atoms with Crippen LogP contribution >= 0.6 is 18.9 Å². The van der Waals surface area contributed by atoms with Gasteiger partial charge in [-0.3, -0.25) is 9.36 Å². The minimum absolute atomic E-state index is 0.175. The number of Topliss-reactive ketones (excluding diaryl/α,β-unsaturated/α-hetero) is 1. The predicted octanol–water partition coefficient (Wildman–Crippen LogP) is 6.37. The lowest BCUT2D eigenvalue weighted by molar-refractivity contribution is 0.0988. The molecule has 154 valence electrons. The van der Waals surface area contributed by atoms with Crippen molar-refractivity contribution in [3.8, 4) is 10.4 Å². The second kappa shape index (κ2) is 8.78. The maximum absolute atomic E-state index is 13.7. The maximum Gasteiger partial charge on any atom is 0.347 e. The molecular weight excluding hydrogens is 417 g/mol. The highest BCUT2D eigenvalue weighted by Crippen LogP contribution is 2.57. The van der Waals surface area contributed by atoms with Crippen LogP contribution in [0.25, 0.3) is 10.4 Å². The maximum atomic E-state index is 13.7. The Labute approximate surface area is 179 Å². The summed E-state index contributed by atoms with van der Waals surface area (Å²) < 4.78 is 24.9. The number of aliphatic imine (C=N–C) groups is 1. The summed E-state index contributed by atoms with van der Waals surface area (Å²) in [6, 6.07) is 21.0. The molecule has 0 amide bonds. The summed E-state index contributed by atoms with van der Waals surface area (Å²) >= 11 is 1.45. The van der Waals surface area contributed by atoms with E-state index in [1.54, 1.807) is 13.8 Å². The first kappa shape index (κ1) is 20.9. The van der Waals surface area contributed by atoms with Crippen LogP contribution in [0, 0.1) is 0 Å². The van der Waals surface area contributed by atoms with Gasteiger partial charge in [0.2, 0.25) is 0 Å². The molecule has 0 aliphatic carbocycles. The molecule has 30 heavy (non-hydrogen) atoms. The fourth-order valence-corrected chi connectivity index (χ4v) is 6.58. The number of thiophene rings is 1. The number of nitrogens with zero attached hydrogens (tertiary/aromatic N) is 1. The van der Waals surface area contributed by atoms with Crippen LogP contribution in [-0.4, -0.2) is 30.4 Å². The van der Waals surface area contributed by atoms with Gasteiger partial charge in [0.05, 0.1) is 24.5 Å². The highest BCUT2D eigenvalue weighted by molar-refractivity contribution is 7.57. The first-order valence-electron chi connectivity index (χ1n) is 9.83. The van der Waals surface area contributed by atoms with E-state index in [4.69, 9.17) is 14.0 Å². The van der Waals surface area contributed by atoms with Crippen LogP contribution in [0.5, 0.6) is 0 Å². The van der Waals surface area contributed by atoms with Gasteiger partial charge in [0, 0.05) is 4.88 Å². The summed E-state index contributed by atoms with van der Waals surface area (Å²) in [5, 5.41) is 0.619. The Morgan fingerprint density at radius 3 is 2.07 bits per heavy atom. The number of carbonyl (C=O) groups is 1. The van der Waals surface area contributed by atoms with Crippen molar-refractivity contribution in [2.45, 2.75) is 19.5 Å². The van der Waals surface area contributed by atoms with Gasteiger partial charge >= 0.3 is 7.60 Å². The molecule has 0 fully saturated rings. The molecule has 0 radical (unpaired) electrons. The quantitative estimate of drug-likeness (QED) is 0.402. The van der Waals surface area contributed by atoms with E-state index >= 15 is 0 Å². The van der Waals surface area contributed by atoms with E-state index in [1.807, 2.05) is 66.7 Å². The van der Waals surface area contributed by atoms with Gasteiger partial charge in [-0.25, -0.2) is 4.99 Å². The molecule has 2 aromatic carbocycles. The Morgan fingerprint density at radius 1 is 0.933 bits per heavy atom. The van der Waals surface area contributed by atoms with Gasteiger partial charge in [0.1, 0.15) is 5.00 Å². The Kier molecular flexibility index (Phi) is 6.11. The van der Waals surface area contributed by atoms with Gasteiger partial charge in [-0.15, -0.1) is 11.3 Å². The summed E-state index contributed by atoms with van der Waals surface area (Å²) in [7, 11) is -3.77. The molecule has 7 heteroatoms. The number of hydrogen-bond acceptors (Lipinski definition) is 6. The molecule has 0 bridgehead atoms. The SMILES string of the molecule is CCOP(=O)(OCC)C1C(=O)c2cc(-c3ccccc3)sc2N=C1c1ccccc1. The zero-order chi connectivity index (χ0) is 21.1. The van der Waals surface area contributed by atoms with Crippen molar-refractivity contribution < 1.29 is 18.4 Å². The van der Waals surface area contributed by atoms with Crippen LogP contribution in [0.2, 0.25) is 0 Å². The molecule has 5 nitrogen and oxygen atoms in total. The number of ketones is 1. The van der Waals surface area contributed by atoms with Gasteiger partial charge in [0.15, 0.2) is 11.4 Å². The molecule has 1 aliphatic rings. The van der Waals surface area contributed by atoms with E-state index in [-0.39, 0.29) is 19.0 Å². The van der Waals surface area contributed by atoms with Gasteiger partial charge in [0.25, 0.3) is 0 Å². The first-order chi connectivity index (χ1) is 14.6. The zero-order valence-corrected chi connectivity index (χ0v) is 18.5. The van der Waals surface area contributed by atoms with Crippen LogP contribution in [0.3, 0.4) is 0 Å². The molecule has 1 unspecified atom stereocenters. The van der Waals surface area contributed by atoms with Crippen LogP contribution in [0.15, 0.2) is 71.7 Å². The number of benzene rings is 2. The first-order valence-corrected chi connectivity index (χ1v) is 12.3. The van der Waals surface area contributed by atoms with Gasteiger partial charge in [-0.1, -0.05) is 60.7 Å². The van der Waals surface area contributed by atoms with Crippen LogP contribution in [0.1, 0.15) is 29.8 Å². The third-order valence-corrected chi connectivity index (χ3v) is 8.20. The van der Waals surface area contributed by atoms with Crippen molar-refractivity contribution >= 4 is 35.4 Å². The molecule has 0 N–H and O–H groups in total. The standard InChI is InChI=1S/C23H22NO4PS/c1-3-27-29(26,28-4-2)22-20(17-13-9-6-10-14-17)24-23-18(21(22)25)15-19(30-23)16-11-7-5-8-12-16/h5-15,22H,3-4H2,1-2H3. The van der Waals surface area contributed by atoms with Crippen molar-refractivity contribution in [1.82, 2.24) is 0 Å². The molecular formula is C23H22NO4PS. The fraction of sp³-hybridized carbons (Fsp3) is 0.217. The molecule has 1 atom stereocenters. The summed E-state index contributed by atoms with van der Waals surface area (Å²) in [4.78, 5) is 19.4. The smallest absolute Gasteiger partial charge is 0.308 e. The zero-order valence-electron chi connectivity index (χ0n) is 16.8. The van der Waals surface area contributed by atoms with E-state index in [2.05, 4.69) is 0 Å². The number of hydrogen-bond donors (Lipinski definition) is 0. The minimum Gasteiger partial charge on any atom is -0.308 e. The van der Waals surface area contributed by atoms with Crippen molar-refractivity contribution in [2.24, 2.45) is 4.99 Å². The molecule has 0 spiro atoms. The van der Waals surface area contributed by atoms with E-state index in [0.29, 0.717) is 16.3 Å². The van der Waals surface area contributed by atoms with Crippen LogP contribution < -0.4 is 0 Å². The largest absolute Gasteiger partial charge is 0.347 e. The molecule has 3 aromatic rings. The monoisotopic (exact) mass is 439 g/mol. The topological polar surface area (TPSA) is 65.0 Å². The third kappa shape index (κ3) is 3.84. The average molecular weight is 439 g/mol. The normalized spacial score (nSPS) is 16.3. The summed E-state index contributed by atoms with van der Waals surface area (Å²) in [6.45, 7) is 3.83. The second-order valence-corrected chi connectivity index (χ2v) is 9.84. The van der Waals surface area contributed by atoms with Crippen molar-refractivity contribution in [2.75, 3.05) is 13.2 Å². The predicted molar refractivity (Wildman–Crippen MR) is 121 cm³/mol. The summed E-state index contributed by atoms with van der Waals surface area (Å²) in [5.41, 5.74) is 1.54. The molecule has 1 aromatic heterocycles. The minimum atomic E-state index is -3.77. The van der Waals surface area contributed by atoms with Gasteiger partial charge < -0.3 is 9.05 Å². The van der Waals surface area contributed by atoms with E-state index in [1.165, 1.54) is 11.3 Å². The lowest BCUT2D eigenvalue weighted by Crippen LogP contribution is -2.34. The highest BCUT2D eigenvalue weighted by Gasteiger charge is 2.48. The Balaban J connectivity index is 1.89. The van der Waals surface area contributed by atoms with E-state index < -0.39 is 13.3 Å². The average Bonchev–Trinajstić information content (AvgIpc) is 3.20. The third-order valence-electron chi connectivity index (χ3n) is 4.77. The van der Waals surface area contributed by atoms with Gasteiger partial charge in [-0.2, -0.15) is 0 Å². The summed E-state index contributed by atoms with van der Waals surface area (Å²) in [6.07, 6.45) is 0. The molecule has 1 aliphatic heterocycles. The second-order valence-electron chi connectivity index (χ2n) is 6.70. The van der Waals surface area contributed by atoms with Crippen LogP contribution in [0.4, 0.5) is 5.00 Å². The fourth-order valence-electron chi connectivity index (χ4n) is 3.50. The van der Waals surface area contributed by atoms with Crippen molar-refractivity contribution in [3.05, 3.63) is 77.9 Å². The molecule has 0 saturated carbocycles. The molecule has 4 rings (SSSR count). The van der Waals surface area contributed by atoms with Gasteiger partial charge in [-0.05, 0) is 31.0 Å². The Bertz CT molecular complexity index is 1110. The molecule has 0 saturated heterocycles. The summed E-state index contributed by atoms with van der Waals surface area (Å²) in [5.74, 6) is -0.275. The highest BCUT2D eigenvalue weighted by atomic mass is 32.1. The Hall–Kier alpha value is -2.37. The van der Waals surface area contributed by atoms with E-state index in [9.17, 15) is 9.36 Å². The van der Waals surface area contributed by atoms with Crippen molar-refractivity contribution in [1.29, 1.82) is 0 Å².